The largest absolute Gasteiger partial charge is 0.312 e. The van der Waals surface area contributed by atoms with E-state index in [2.05, 4.69) is 5.32 Å². The first-order valence-corrected chi connectivity index (χ1v) is 6.40. The van der Waals surface area contributed by atoms with Crippen molar-refractivity contribution in [2.45, 2.75) is 11.8 Å². The zero-order valence-electron chi connectivity index (χ0n) is 8.03. The lowest BCUT2D eigenvalue weighted by Crippen LogP contribution is -2.31. The fraction of sp³-hybridized carbons (Fsp3) is 0.400. The average molecular weight is 211 g/mol. The number of rotatable bonds is 1. The van der Waals surface area contributed by atoms with Gasteiger partial charge in [0.25, 0.3) is 0 Å². The summed E-state index contributed by atoms with van der Waals surface area (Å²) in [6.07, 6.45) is 0. The van der Waals surface area contributed by atoms with Gasteiger partial charge in [-0.15, -0.1) is 0 Å². The number of nitrogens with one attached hydrogen (secondary N) is 1. The molecule has 1 aromatic carbocycles. The van der Waals surface area contributed by atoms with Crippen molar-refractivity contribution < 1.29 is 8.42 Å². The van der Waals surface area contributed by atoms with Crippen LogP contribution in [0.15, 0.2) is 24.3 Å². The molecule has 0 amide bonds. The van der Waals surface area contributed by atoms with Crippen LogP contribution in [-0.2, 0) is 15.6 Å². The molecule has 0 saturated heterocycles. The van der Waals surface area contributed by atoms with Crippen LogP contribution in [0.4, 0.5) is 0 Å². The summed E-state index contributed by atoms with van der Waals surface area (Å²) in [5, 5.41) is 3.04. The standard InChI is InChI=1S/C10H13NO2S/c1-11-10-7-14(12,13)6-8-4-2-3-5-9(8)10/h2-5,10-11H,6-7H2,1H3. The van der Waals surface area contributed by atoms with Gasteiger partial charge in [0.05, 0.1) is 11.5 Å². The molecule has 0 saturated carbocycles. The molecule has 1 heterocycles. The van der Waals surface area contributed by atoms with Crippen molar-refractivity contribution in [2.75, 3.05) is 12.8 Å². The maximum Gasteiger partial charge on any atom is 0.156 e. The molecule has 1 aliphatic heterocycles. The number of hydrogen-bond acceptors (Lipinski definition) is 3. The molecule has 0 bridgehead atoms. The SMILES string of the molecule is CNC1CS(=O)(=O)Cc2ccccc21. The Hall–Kier alpha value is -0.870. The Kier molecular flexibility index (Phi) is 2.33. The molecule has 0 aromatic heterocycles. The molecular formula is C10H13NO2S. The summed E-state index contributed by atoms with van der Waals surface area (Å²) in [5.41, 5.74) is 2.04. The average Bonchev–Trinajstić information content (AvgIpc) is 2.15. The van der Waals surface area contributed by atoms with Crippen LogP contribution in [-0.4, -0.2) is 21.2 Å². The van der Waals surface area contributed by atoms with Gasteiger partial charge < -0.3 is 5.32 Å². The predicted molar refractivity (Wildman–Crippen MR) is 55.7 cm³/mol. The Balaban J connectivity index is 2.51. The van der Waals surface area contributed by atoms with Gasteiger partial charge in [0.15, 0.2) is 9.84 Å². The molecular weight excluding hydrogens is 198 g/mol. The third-order valence-electron chi connectivity index (χ3n) is 2.57. The molecule has 14 heavy (non-hydrogen) atoms. The number of sulfone groups is 1. The predicted octanol–water partition coefficient (Wildman–Crippen LogP) is 0.875. The molecule has 0 radical (unpaired) electrons. The monoisotopic (exact) mass is 211 g/mol. The van der Waals surface area contributed by atoms with Gasteiger partial charge in [0, 0.05) is 6.04 Å². The van der Waals surface area contributed by atoms with Crippen molar-refractivity contribution in [3.8, 4) is 0 Å². The van der Waals surface area contributed by atoms with Gasteiger partial charge in [-0.25, -0.2) is 8.42 Å². The van der Waals surface area contributed by atoms with Crippen molar-refractivity contribution in [3.63, 3.8) is 0 Å². The van der Waals surface area contributed by atoms with Gasteiger partial charge in [-0.1, -0.05) is 24.3 Å². The van der Waals surface area contributed by atoms with Crippen LogP contribution in [0, 0.1) is 0 Å². The summed E-state index contributed by atoms with van der Waals surface area (Å²) in [6, 6.07) is 7.65. The third kappa shape index (κ3) is 1.67. The first-order chi connectivity index (χ1) is 6.62. The van der Waals surface area contributed by atoms with Crippen molar-refractivity contribution >= 4 is 9.84 Å². The van der Waals surface area contributed by atoms with E-state index in [9.17, 15) is 8.42 Å². The normalized spacial score (nSPS) is 24.2. The molecule has 0 aliphatic carbocycles. The van der Waals surface area contributed by atoms with E-state index in [0.29, 0.717) is 0 Å². The third-order valence-corrected chi connectivity index (χ3v) is 4.17. The van der Waals surface area contributed by atoms with E-state index in [0.717, 1.165) is 11.1 Å². The molecule has 1 aromatic rings. The molecule has 4 heteroatoms. The maximum atomic E-state index is 11.5. The smallest absolute Gasteiger partial charge is 0.156 e. The van der Waals surface area contributed by atoms with Gasteiger partial charge in [-0.05, 0) is 18.2 Å². The number of hydrogen-bond donors (Lipinski definition) is 1. The highest BCUT2D eigenvalue weighted by atomic mass is 32.2. The summed E-state index contributed by atoms with van der Waals surface area (Å²) < 4.78 is 23.1. The second-order valence-electron chi connectivity index (χ2n) is 3.59. The van der Waals surface area contributed by atoms with Crippen molar-refractivity contribution in [2.24, 2.45) is 0 Å². The van der Waals surface area contributed by atoms with Crippen LogP contribution in [0.2, 0.25) is 0 Å². The van der Waals surface area contributed by atoms with E-state index in [4.69, 9.17) is 0 Å². The first-order valence-electron chi connectivity index (χ1n) is 4.58. The number of fused-ring (bicyclic) bond motifs is 1. The Labute approximate surface area is 84.1 Å². The van der Waals surface area contributed by atoms with Crippen LogP contribution < -0.4 is 5.32 Å². The maximum absolute atomic E-state index is 11.5. The van der Waals surface area contributed by atoms with Gasteiger partial charge >= 0.3 is 0 Å². The summed E-state index contributed by atoms with van der Waals surface area (Å²) >= 11 is 0. The fourth-order valence-corrected chi connectivity index (χ4v) is 3.59. The quantitative estimate of drug-likeness (QED) is 0.750. The van der Waals surface area contributed by atoms with Crippen molar-refractivity contribution in [1.82, 2.24) is 5.32 Å². The molecule has 0 spiro atoms. The first kappa shape index (κ1) is 9.68. The van der Waals surface area contributed by atoms with Gasteiger partial charge in [0.2, 0.25) is 0 Å². The van der Waals surface area contributed by atoms with E-state index in [1.54, 1.807) is 7.05 Å². The van der Waals surface area contributed by atoms with Crippen molar-refractivity contribution in [1.29, 1.82) is 0 Å². The zero-order chi connectivity index (χ0) is 10.2. The number of benzene rings is 1. The lowest BCUT2D eigenvalue weighted by atomic mass is 10.0. The van der Waals surface area contributed by atoms with Gasteiger partial charge in [-0.3, -0.25) is 0 Å². The lowest BCUT2D eigenvalue weighted by molar-refractivity contribution is 0.563. The van der Waals surface area contributed by atoms with E-state index < -0.39 is 9.84 Å². The highest BCUT2D eigenvalue weighted by Crippen LogP contribution is 2.27. The van der Waals surface area contributed by atoms with Crippen LogP contribution in [0.5, 0.6) is 0 Å². The summed E-state index contributed by atoms with van der Waals surface area (Å²) in [6.45, 7) is 0. The molecule has 2 rings (SSSR count). The zero-order valence-corrected chi connectivity index (χ0v) is 8.84. The Morgan fingerprint density at radius 1 is 1.36 bits per heavy atom. The Bertz CT molecular complexity index is 439. The molecule has 1 aliphatic rings. The van der Waals surface area contributed by atoms with Crippen molar-refractivity contribution in [3.05, 3.63) is 35.4 Å². The van der Waals surface area contributed by atoms with E-state index in [-0.39, 0.29) is 17.5 Å². The van der Waals surface area contributed by atoms with Crippen LogP contribution in [0.1, 0.15) is 17.2 Å². The Morgan fingerprint density at radius 2 is 2.07 bits per heavy atom. The van der Waals surface area contributed by atoms with Crippen LogP contribution in [0.25, 0.3) is 0 Å². The van der Waals surface area contributed by atoms with E-state index in [1.165, 1.54) is 0 Å². The highest BCUT2D eigenvalue weighted by molar-refractivity contribution is 7.90. The molecule has 3 nitrogen and oxygen atoms in total. The summed E-state index contributed by atoms with van der Waals surface area (Å²) in [4.78, 5) is 0. The Morgan fingerprint density at radius 3 is 2.79 bits per heavy atom. The van der Waals surface area contributed by atoms with E-state index in [1.807, 2.05) is 24.3 Å². The molecule has 1 N–H and O–H groups in total. The molecule has 1 atom stereocenters. The minimum Gasteiger partial charge on any atom is -0.312 e. The molecule has 76 valence electrons. The minimum absolute atomic E-state index is 0.0510. The fourth-order valence-electron chi connectivity index (χ4n) is 1.88. The summed E-state index contributed by atoms with van der Waals surface area (Å²) in [7, 11) is -1.13. The topological polar surface area (TPSA) is 46.2 Å². The van der Waals surface area contributed by atoms with Gasteiger partial charge in [0.1, 0.15) is 0 Å². The summed E-state index contributed by atoms with van der Waals surface area (Å²) in [5.74, 6) is 0.391. The second kappa shape index (κ2) is 3.37. The van der Waals surface area contributed by atoms with E-state index >= 15 is 0 Å². The van der Waals surface area contributed by atoms with Crippen LogP contribution in [0.3, 0.4) is 0 Å². The lowest BCUT2D eigenvalue weighted by Gasteiger charge is -2.24. The molecule has 0 fully saturated rings. The second-order valence-corrected chi connectivity index (χ2v) is 5.70. The highest BCUT2D eigenvalue weighted by Gasteiger charge is 2.27. The van der Waals surface area contributed by atoms with Crippen LogP contribution >= 0.6 is 0 Å². The molecule has 1 unspecified atom stereocenters. The minimum atomic E-state index is -2.92. The van der Waals surface area contributed by atoms with Gasteiger partial charge in [-0.2, -0.15) is 0 Å².